The first-order valence-corrected chi connectivity index (χ1v) is 7.78. The van der Waals surface area contributed by atoms with Crippen LogP contribution in [0.5, 0.6) is 0 Å². The SMILES string of the molecule is CC1(C)O[C@H]2O[C@@H]3C(=O)C(F)C[C@]3(OCc3ccccc3)[C@H]2O1. The van der Waals surface area contributed by atoms with E-state index in [1.54, 1.807) is 13.8 Å². The summed E-state index contributed by atoms with van der Waals surface area (Å²) < 4.78 is 37.3. The maximum atomic E-state index is 14.1. The third kappa shape index (κ3) is 2.32. The topological polar surface area (TPSA) is 54.0 Å². The second-order valence-corrected chi connectivity index (χ2v) is 6.74. The first-order chi connectivity index (χ1) is 10.9. The summed E-state index contributed by atoms with van der Waals surface area (Å²) in [5.74, 6) is -1.43. The van der Waals surface area contributed by atoms with Crippen LogP contribution in [0.4, 0.5) is 4.39 Å². The molecule has 3 fully saturated rings. The predicted molar refractivity (Wildman–Crippen MR) is 77.2 cm³/mol. The molecule has 0 amide bonds. The highest BCUT2D eigenvalue weighted by Gasteiger charge is 2.71. The summed E-state index contributed by atoms with van der Waals surface area (Å²) in [5, 5.41) is 0. The normalized spacial score (nSPS) is 41.1. The summed E-state index contributed by atoms with van der Waals surface area (Å²) in [4.78, 5) is 12.1. The van der Waals surface area contributed by atoms with E-state index in [0.29, 0.717) is 0 Å². The number of hydrogen-bond donors (Lipinski definition) is 0. The summed E-state index contributed by atoms with van der Waals surface area (Å²) in [6.45, 7) is 3.78. The molecule has 1 saturated carbocycles. The molecule has 0 radical (unpaired) electrons. The lowest BCUT2D eigenvalue weighted by atomic mass is 9.94. The van der Waals surface area contributed by atoms with E-state index in [2.05, 4.69) is 0 Å². The molecule has 1 aromatic rings. The fourth-order valence-electron chi connectivity index (χ4n) is 3.64. The van der Waals surface area contributed by atoms with Gasteiger partial charge >= 0.3 is 0 Å². The highest BCUT2D eigenvalue weighted by molar-refractivity contribution is 5.92. The highest BCUT2D eigenvalue weighted by Crippen LogP contribution is 2.51. The maximum Gasteiger partial charge on any atom is 0.198 e. The van der Waals surface area contributed by atoms with Crippen molar-refractivity contribution in [3.05, 3.63) is 35.9 Å². The van der Waals surface area contributed by atoms with Crippen LogP contribution in [0.15, 0.2) is 30.3 Å². The smallest absolute Gasteiger partial charge is 0.198 e. The fourth-order valence-corrected chi connectivity index (χ4v) is 3.64. The Morgan fingerprint density at radius 1 is 1.26 bits per heavy atom. The maximum absolute atomic E-state index is 14.1. The summed E-state index contributed by atoms with van der Waals surface area (Å²) in [7, 11) is 0. The molecule has 5 atom stereocenters. The summed E-state index contributed by atoms with van der Waals surface area (Å²) >= 11 is 0. The Morgan fingerprint density at radius 3 is 2.74 bits per heavy atom. The fraction of sp³-hybridized carbons (Fsp3) is 0.588. The van der Waals surface area contributed by atoms with E-state index in [1.165, 1.54) is 0 Å². The lowest BCUT2D eigenvalue weighted by Crippen LogP contribution is -2.49. The molecule has 23 heavy (non-hydrogen) atoms. The van der Waals surface area contributed by atoms with Crippen LogP contribution in [-0.2, 0) is 30.3 Å². The van der Waals surface area contributed by atoms with Crippen LogP contribution in [-0.4, -0.2) is 41.8 Å². The molecule has 6 heteroatoms. The first kappa shape index (κ1) is 15.2. The van der Waals surface area contributed by atoms with E-state index < -0.39 is 41.8 Å². The molecule has 1 aromatic carbocycles. The lowest BCUT2D eigenvalue weighted by molar-refractivity contribution is -0.231. The number of ketones is 1. The Morgan fingerprint density at radius 2 is 2.00 bits per heavy atom. The average molecular weight is 322 g/mol. The van der Waals surface area contributed by atoms with Gasteiger partial charge in [-0.2, -0.15) is 0 Å². The second kappa shape index (κ2) is 5.08. The zero-order valence-electron chi connectivity index (χ0n) is 13.0. The van der Waals surface area contributed by atoms with Crippen molar-refractivity contribution in [1.82, 2.24) is 0 Å². The van der Waals surface area contributed by atoms with Gasteiger partial charge in [-0.05, 0) is 19.4 Å². The van der Waals surface area contributed by atoms with Crippen molar-refractivity contribution in [2.45, 2.75) is 62.9 Å². The molecular formula is C17H19FO5. The van der Waals surface area contributed by atoms with Gasteiger partial charge in [0.1, 0.15) is 11.7 Å². The number of rotatable bonds is 3. The molecule has 0 N–H and O–H groups in total. The lowest BCUT2D eigenvalue weighted by Gasteiger charge is -2.32. The predicted octanol–water partition coefficient (Wildman–Crippen LogP) is 2.13. The van der Waals surface area contributed by atoms with Gasteiger partial charge in [0, 0.05) is 6.42 Å². The molecular weight excluding hydrogens is 303 g/mol. The third-order valence-electron chi connectivity index (χ3n) is 4.67. The van der Waals surface area contributed by atoms with Crippen LogP contribution < -0.4 is 0 Å². The van der Waals surface area contributed by atoms with Crippen LogP contribution in [0.1, 0.15) is 25.8 Å². The molecule has 2 aliphatic heterocycles. The van der Waals surface area contributed by atoms with Crippen LogP contribution in [0, 0.1) is 0 Å². The van der Waals surface area contributed by atoms with E-state index in [-0.39, 0.29) is 13.0 Å². The summed E-state index contributed by atoms with van der Waals surface area (Å²) in [6, 6.07) is 9.54. The summed E-state index contributed by atoms with van der Waals surface area (Å²) in [5.41, 5.74) is -0.192. The number of hydrogen-bond acceptors (Lipinski definition) is 5. The van der Waals surface area contributed by atoms with Gasteiger partial charge in [-0.25, -0.2) is 4.39 Å². The molecule has 4 rings (SSSR count). The van der Waals surface area contributed by atoms with Crippen molar-refractivity contribution in [2.75, 3.05) is 0 Å². The molecule has 5 nitrogen and oxygen atoms in total. The van der Waals surface area contributed by atoms with Crippen molar-refractivity contribution in [3.63, 3.8) is 0 Å². The molecule has 1 aliphatic carbocycles. The molecule has 124 valence electrons. The molecule has 1 unspecified atom stereocenters. The van der Waals surface area contributed by atoms with Crippen molar-refractivity contribution in [2.24, 2.45) is 0 Å². The zero-order valence-corrected chi connectivity index (χ0v) is 13.0. The molecule has 0 aromatic heterocycles. The van der Waals surface area contributed by atoms with Gasteiger partial charge in [-0.3, -0.25) is 4.79 Å². The average Bonchev–Trinajstić information content (AvgIpc) is 3.05. The van der Waals surface area contributed by atoms with Gasteiger partial charge in [0.25, 0.3) is 0 Å². The van der Waals surface area contributed by atoms with Gasteiger partial charge < -0.3 is 18.9 Å². The van der Waals surface area contributed by atoms with Crippen molar-refractivity contribution in [3.8, 4) is 0 Å². The van der Waals surface area contributed by atoms with Crippen molar-refractivity contribution in [1.29, 1.82) is 0 Å². The van der Waals surface area contributed by atoms with Crippen LogP contribution in [0.25, 0.3) is 0 Å². The minimum Gasteiger partial charge on any atom is -0.364 e. The number of ether oxygens (including phenoxy) is 4. The van der Waals surface area contributed by atoms with E-state index in [0.717, 1.165) is 5.56 Å². The van der Waals surface area contributed by atoms with E-state index >= 15 is 0 Å². The minimum absolute atomic E-state index is 0.0655. The first-order valence-electron chi connectivity index (χ1n) is 7.78. The number of halogens is 1. The molecule has 0 bridgehead atoms. The molecule has 3 aliphatic rings. The van der Waals surface area contributed by atoms with Crippen molar-refractivity contribution >= 4 is 5.78 Å². The number of Topliss-reactive ketones (excluding diaryl/α,β-unsaturated/α-hetero) is 1. The Balaban J connectivity index is 1.62. The van der Waals surface area contributed by atoms with Crippen LogP contribution >= 0.6 is 0 Å². The third-order valence-corrected chi connectivity index (χ3v) is 4.67. The highest BCUT2D eigenvalue weighted by atomic mass is 19.1. The Hall–Kier alpha value is -1.34. The van der Waals surface area contributed by atoms with Gasteiger partial charge in [0.15, 0.2) is 30.1 Å². The number of carbonyl (C=O) groups is 1. The second-order valence-electron chi connectivity index (χ2n) is 6.74. The Labute approximate surface area is 133 Å². The minimum atomic E-state index is -1.59. The standard InChI is InChI=1S/C17H19FO5/c1-16(2)22-14-15(23-16)21-13-12(19)11(18)8-17(13,14)20-9-10-6-4-3-5-7-10/h3-7,11,13-15H,8-9H2,1-2H3/t11?,13-,14+,15-,17-/m1/s1. The van der Waals surface area contributed by atoms with Crippen LogP contribution in [0.3, 0.4) is 0 Å². The largest absolute Gasteiger partial charge is 0.364 e. The van der Waals surface area contributed by atoms with Crippen molar-refractivity contribution < 1.29 is 28.1 Å². The quantitative estimate of drug-likeness (QED) is 0.853. The van der Waals surface area contributed by atoms with E-state index in [9.17, 15) is 9.18 Å². The van der Waals surface area contributed by atoms with Gasteiger partial charge in [0.2, 0.25) is 0 Å². The van der Waals surface area contributed by atoms with Gasteiger partial charge in [0.05, 0.1) is 6.61 Å². The van der Waals surface area contributed by atoms with E-state index in [1.807, 2.05) is 30.3 Å². The molecule has 2 saturated heterocycles. The molecule has 0 spiro atoms. The Bertz CT molecular complexity index is 619. The van der Waals surface area contributed by atoms with E-state index in [4.69, 9.17) is 18.9 Å². The van der Waals surface area contributed by atoms with Crippen LogP contribution in [0.2, 0.25) is 0 Å². The summed E-state index contributed by atoms with van der Waals surface area (Å²) in [6.07, 6.45) is -3.96. The number of alkyl halides is 1. The monoisotopic (exact) mass is 322 g/mol. The Kier molecular flexibility index (Phi) is 3.36. The van der Waals surface area contributed by atoms with Gasteiger partial charge in [-0.1, -0.05) is 30.3 Å². The molecule has 2 heterocycles. The van der Waals surface area contributed by atoms with Gasteiger partial charge in [-0.15, -0.1) is 0 Å². The zero-order chi connectivity index (χ0) is 16.2. The number of benzene rings is 1. The number of fused-ring (bicyclic) bond motifs is 3. The number of carbonyl (C=O) groups excluding carboxylic acids is 1.